The number of aryl methyl sites for hydroxylation is 1. The maximum atomic E-state index is 12.9. The molecule has 1 aromatic rings. The lowest BCUT2D eigenvalue weighted by atomic mass is 10.2. The predicted octanol–water partition coefficient (Wildman–Crippen LogP) is 0.575. The lowest BCUT2D eigenvalue weighted by Crippen LogP contribution is -2.59. The Kier molecular flexibility index (Phi) is 4.16. The number of piperazine rings is 1. The van der Waals surface area contributed by atoms with Gasteiger partial charge in [-0.05, 0) is 31.0 Å². The molecule has 2 saturated heterocycles. The van der Waals surface area contributed by atoms with Crippen LogP contribution in [0.2, 0.25) is 0 Å². The Morgan fingerprint density at radius 3 is 2.73 bits per heavy atom. The average molecular weight is 386 g/mol. The highest BCUT2D eigenvalue weighted by molar-refractivity contribution is 7.89. The van der Waals surface area contributed by atoms with Crippen molar-refractivity contribution in [3.63, 3.8) is 0 Å². The zero-order valence-corrected chi connectivity index (χ0v) is 15.0. The number of rotatable bonds is 3. The molecular weight excluding hydrogens is 366 g/mol. The second-order valence-electron chi connectivity index (χ2n) is 7.08. The molecule has 2 fully saturated rings. The van der Waals surface area contributed by atoms with E-state index in [-0.39, 0.29) is 29.4 Å². The molecule has 3 heterocycles. The summed E-state index contributed by atoms with van der Waals surface area (Å²) in [5, 5.41) is 2.96. The van der Waals surface area contributed by atoms with E-state index >= 15 is 0 Å². The third-order valence-electron chi connectivity index (χ3n) is 5.25. The van der Waals surface area contributed by atoms with Crippen molar-refractivity contribution in [1.29, 1.82) is 0 Å². The van der Waals surface area contributed by atoms with Crippen molar-refractivity contribution in [2.75, 3.05) is 25.0 Å². The number of carbonyl (C=O) groups excluding carboxylic acids is 1. The third kappa shape index (κ3) is 2.95. The van der Waals surface area contributed by atoms with Crippen LogP contribution in [0.15, 0.2) is 23.1 Å². The molecule has 1 unspecified atom stereocenters. The van der Waals surface area contributed by atoms with Crippen LogP contribution in [0.3, 0.4) is 0 Å². The highest BCUT2D eigenvalue weighted by atomic mass is 32.2. The minimum Gasteiger partial charge on any atom is -0.360 e. The molecular formula is C16H20F2N4O3S. The zero-order valence-electron chi connectivity index (χ0n) is 14.2. The molecule has 4 rings (SSSR count). The van der Waals surface area contributed by atoms with Gasteiger partial charge in [-0.3, -0.25) is 9.69 Å². The Bertz CT molecular complexity index is 848. The van der Waals surface area contributed by atoms with Crippen molar-refractivity contribution in [2.45, 2.75) is 42.9 Å². The highest BCUT2D eigenvalue weighted by Gasteiger charge is 2.48. The van der Waals surface area contributed by atoms with Crippen LogP contribution in [0.25, 0.3) is 0 Å². The largest absolute Gasteiger partial charge is 0.360 e. The number of alkyl halides is 2. The first-order valence-corrected chi connectivity index (χ1v) is 9.95. The SMILES string of the molecule is Cc1ccc2c(c1)NC(C(=O)N1C[C@@H]3C[C@H]1CN3CC(F)F)NS2(=O)=O. The topological polar surface area (TPSA) is 81.8 Å². The fraction of sp³-hybridized carbons (Fsp3) is 0.562. The maximum Gasteiger partial charge on any atom is 0.261 e. The van der Waals surface area contributed by atoms with Crippen molar-refractivity contribution in [1.82, 2.24) is 14.5 Å². The molecule has 0 aliphatic carbocycles. The van der Waals surface area contributed by atoms with Crippen LogP contribution in [0.5, 0.6) is 0 Å². The molecule has 7 nitrogen and oxygen atoms in total. The Labute approximate surface area is 150 Å². The number of hydrogen-bond acceptors (Lipinski definition) is 5. The van der Waals surface area contributed by atoms with Gasteiger partial charge in [0.25, 0.3) is 12.3 Å². The Morgan fingerprint density at radius 2 is 2.08 bits per heavy atom. The monoisotopic (exact) mass is 386 g/mol. The van der Waals surface area contributed by atoms with E-state index in [4.69, 9.17) is 0 Å². The second kappa shape index (κ2) is 6.14. The Balaban J connectivity index is 1.51. The number of anilines is 1. The van der Waals surface area contributed by atoms with Gasteiger partial charge in [0.05, 0.1) is 12.2 Å². The Hall–Kier alpha value is -1.78. The molecule has 1 aromatic carbocycles. The molecule has 10 heteroatoms. The number of nitrogens with one attached hydrogen (secondary N) is 2. The average Bonchev–Trinajstić information content (AvgIpc) is 3.12. The number of nitrogens with zero attached hydrogens (tertiary/aromatic N) is 2. The van der Waals surface area contributed by atoms with Crippen molar-refractivity contribution < 1.29 is 22.0 Å². The molecule has 26 heavy (non-hydrogen) atoms. The number of carbonyl (C=O) groups is 1. The first kappa shape index (κ1) is 17.6. The normalized spacial score (nSPS) is 29.7. The molecule has 3 atom stereocenters. The van der Waals surface area contributed by atoms with Gasteiger partial charge in [-0.2, -0.15) is 4.72 Å². The molecule has 2 bridgehead atoms. The first-order chi connectivity index (χ1) is 12.2. The van der Waals surface area contributed by atoms with Crippen LogP contribution in [-0.4, -0.2) is 68.4 Å². The molecule has 0 aromatic heterocycles. The second-order valence-corrected chi connectivity index (χ2v) is 8.76. The first-order valence-electron chi connectivity index (χ1n) is 8.47. The summed E-state index contributed by atoms with van der Waals surface area (Å²) in [6, 6.07) is 4.64. The maximum absolute atomic E-state index is 12.9. The zero-order chi connectivity index (χ0) is 18.6. The summed E-state index contributed by atoms with van der Waals surface area (Å²) in [4.78, 5) is 16.3. The van der Waals surface area contributed by atoms with E-state index in [1.807, 2.05) is 6.92 Å². The fourth-order valence-corrected chi connectivity index (χ4v) is 5.34. The molecule has 3 aliphatic heterocycles. The van der Waals surface area contributed by atoms with Crippen molar-refractivity contribution in [3.05, 3.63) is 23.8 Å². The number of halogens is 2. The lowest BCUT2D eigenvalue weighted by Gasteiger charge is -2.37. The van der Waals surface area contributed by atoms with E-state index in [0.29, 0.717) is 25.2 Å². The number of fused-ring (bicyclic) bond motifs is 3. The van der Waals surface area contributed by atoms with Crippen LogP contribution in [0.4, 0.5) is 14.5 Å². The van der Waals surface area contributed by atoms with E-state index < -0.39 is 22.6 Å². The number of likely N-dealkylation sites (tertiary alicyclic amines) is 2. The van der Waals surface area contributed by atoms with E-state index in [1.54, 1.807) is 21.9 Å². The van der Waals surface area contributed by atoms with E-state index in [2.05, 4.69) is 10.0 Å². The molecule has 0 spiro atoms. The van der Waals surface area contributed by atoms with Crippen molar-refractivity contribution in [2.24, 2.45) is 0 Å². The van der Waals surface area contributed by atoms with Gasteiger partial charge in [0, 0.05) is 25.2 Å². The van der Waals surface area contributed by atoms with Crippen LogP contribution in [0.1, 0.15) is 12.0 Å². The number of hydrogen-bond donors (Lipinski definition) is 2. The number of amides is 1. The van der Waals surface area contributed by atoms with Gasteiger partial charge in [-0.25, -0.2) is 17.2 Å². The summed E-state index contributed by atoms with van der Waals surface area (Å²) >= 11 is 0. The summed E-state index contributed by atoms with van der Waals surface area (Å²) < 4.78 is 52.5. The summed E-state index contributed by atoms with van der Waals surface area (Å²) in [5.74, 6) is -0.370. The summed E-state index contributed by atoms with van der Waals surface area (Å²) in [7, 11) is -3.79. The Morgan fingerprint density at radius 1 is 1.31 bits per heavy atom. The minimum atomic E-state index is -3.79. The van der Waals surface area contributed by atoms with Gasteiger partial charge in [-0.1, -0.05) is 6.07 Å². The molecule has 3 aliphatic rings. The third-order valence-corrected chi connectivity index (χ3v) is 6.74. The minimum absolute atomic E-state index is 0.0901. The smallest absolute Gasteiger partial charge is 0.261 e. The molecule has 2 N–H and O–H groups in total. The van der Waals surface area contributed by atoms with Crippen molar-refractivity contribution in [3.8, 4) is 0 Å². The van der Waals surface area contributed by atoms with Crippen LogP contribution in [0, 0.1) is 6.92 Å². The van der Waals surface area contributed by atoms with Gasteiger partial charge < -0.3 is 10.2 Å². The van der Waals surface area contributed by atoms with Crippen LogP contribution < -0.4 is 10.0 Å². The fourth-order valence-electron chi connectivity index (χ4n) is 4.09. The van der Waals surface area contributed by atoms with Crippen LogP contribution in [-0.2, 0) is 14.8 Å². The summed E-state index contributed by atoms with van der Waals surface area (Å²) in [5.41, 5.74) is 1.27. The van der Waals surface area contributed by atoms with Crippen molar-refractivity contribution >= 4 is 21.6 Å². The number of sulfonamides is 1. The molecule has 1 amide bonds. The molecule has 0 radical (unpaired) electrons. The summed E-state index contributed by atoms with van der Waals surface area (Å²) in [6.07, 6.45) is -2.84. The van der Waals surface area contributed by atoms with Crippen LogP contribution >= 0.6 is 0 Å². The molecule has 0 saturated carbocycles. The van der Waals surface area contributed by atoms with Gasteiger partial charge in [0.15, 0.2) is 6.17 Å². The molecule has 142 valence electrons. The van der Waals surface area contributed by atoms with Gasteiger partial charge >= 0.3 is 0 Å². The summed E-state index contributed by atoms with van der Waals surface area (Å²) in [6.45, 7) is 2.29. The quantitative estimate of drug-likeness (QED) is 0.794. The van der Waals surface area contributed by atoms with E-state index in [9.17, 15) is 22.0 Å². The van der Waals surface area contributed by atoms with E-state index in [1.165, 1.54) is 6.07 Å². The van der Waals surface area contributed by atoms with Gasteiger partial charge in [-0.15, -0.1) is 0 Å². The highest BCUT2D eigenvalue weighted by Crippen LogP contribution is 2.33. The predicted molar refractivity (Wildman–Crippen MR) is 90.4 cm³/mol. The van der Waals surface area contributed by atoms with Gasteiger partial charge in [0.1, 0.15) is 4.90 Å². The lowest BCUT2D eigenvalue weighted by molar-refractivity contribution is -0.134. The number of benzene rings is 1. The standard InChI is InChI=1S/C16H20F2N4O3S/c1-9-2-3-13-12(4-9)19-15(20-26(13,24)25)16(23)22-7-10-5-11(22)6-21(10)8-14(17)18/h2-4,10-11,14-15,19-20H,5-8H2,1H3/t10-,11-,15?/m0/s1. The van der Waals surface area contributed by atoms with E-state index in [0.717, 1.165) is 5.56 Å². The van der Waals surface area contributed by atoms with Gasteiger partial charge in [0.2, 0.25) is 10.0 Å².